The first-order valence-electron chi connectivity index (χ1n) is 6.82. The summed E-state index contributed by atoms with van der Waals surface area (Å²) in [5, 5.41) is 8.86. The predicted molar refractivity (Wildman–Crippen MR) is 90.2 cm³/mol. The van der Waals surface area contributed by atoms with Gasteiger partial charge in [0.15, 0.2) is 0 Å². The quantitative estimate of drug-likeness (QED) is 0.623. The van der Waals surface area contributed by atoms with E-state index >= 15 is 0 Å². The second-order valence-corrected chi connectivity index (χ2v) is 7.45. The van der Waals surface area contributed by atoms with E-state index in [-0.39, 0.29) is 0 Å². The smallest absolute Gasteiger partial charge is 0.343 e. The minimum absolute atomic E-state index is 0.380. The first kappa shape index (κ1) is 15.0. The molecule has 0 aromatic heterocycles. The summed E-state index contributed by atoms with van der Waals surface area (Å²) in [6, 6.07) is 16.2. The molecule has 1 saturated heterocycles. The lowest BCUT2D eigenvalue weighted by Gasteiger charge is -2.09. The van der Waals surface area contributed by atoms with Crippen LogP contribution in [0.25, 0.3) is 0 Å². The van der Waals surface area contributed by atoms with Crippen molar-refractivity contribution in [1.82, 2.24) is 0 Å². The minimum atomic E-state index is -0.450. The van der Waals surface area contributed by atoms with Gasteiger partial charge >= 0.3 is 5.97 Å². The average Bonchev–Trinajstić information content (AvgIpc) is 3.10. The van der Waals surface area contributed by atoms with E-state index in [1.54, 1.807) is 18.2 Å². The van der Waals surface area contributed by atoms with Gasteiger partial charge < -0.3 is 4.74 Å². The number of nitrogens with zero attached hydrogens (tertiary/aromatic N) is 1. The Hall–Kier alpha value is -1.90. The zero-order valence-electron chi connectivity index (χ0n) is 11.7. The lowest BCUT2D eigenvalue weighted by Crippen LogP contribution is -2.08. The molecule has 0 radical (unpaired) electrons. The molecule has 0 aliphatic carbocycles. The molecule has 0 saturated carbocycles. The van der Waals surface area contributed by atoms with Crippen molar-refractivity contribution in [2.24, 2.45) is 0 Å². The molecule has 3 rings (SSSR count). The van der Waals surface area contributed by atoms with Gasteiger partial charge in [0.1, 0.15) is 5.75 Å². The van der Waals surface area contributed by atoms with Crippen molar-refractivity contribution < 1.29 is 9.53 Å². The summed E-state index contributed by atoms with van der Waals surface area (Å²) >= 11 is 3.88. The molecule has 2 aromatic rings. The van der Waals surface area contributed by atoms with Crippen molar-refractivity contribution in [2.75, 3.05) is 11.5 Å². The van der Waals surface area contributed by atoms with E-state index in [2.05, 4.69) is 0 Å². The van der Waals surface area contributed by atoms with Crippen molar-refractivity contribution in [3.63, 3.8) is 0 Å². The van der Waals surface area contributed by atoms with Crippen LogP contribution in [0.5, 0.6) is 5.75 Å². The summed E-state index contributed by atoms with van der Waals surface area (Å²) in [6.45, 7) is 0. The second kappa shape index (κ2) is 6.91. The summed E-state index contributed by atoms with van der Waals surface area (Å²) in [5.41, 5.74) is 2.07. The van der Waals surface area contributed by atoms with Gasteiger partial charge in [-0.25, -0.2) is 4.79 Å². The number of carbonyl (C=O) groups excluding carboxylic acids is 1. The summed E-state index contributed by atoms with van der Waals surface area (Å²) in [4.78, 5) is 12.1. The molecule has 1 heterocycles. The highest BCUT2D eigenvalue weighted by atomic mass is 32.2. The van der Waals surface area contributed by atoms with Gasteiger partial charge in [-0.05, 0) is 35.9 Å². The molecule has 2 aromatic carbocycles. The fraction of sp³-hybridized carbons (Fsp3) is 0.176. The van der Waals surface area contributed by atoms with Gasteiger partial charge in [-0.15, -0.1) is 23.5 Å². The van der Waals surface area contributed by atoms with Gasteiger partial charge in [-0.1, -0.05) is 18.2 Å². The molecule has 1 fully saturated rings. The summed E-state index contributed by atoms with van der Waals surface area (Å²) in [6.07, 6.45) is 0. The molecule has 1 aliphatic rings. The highest BCUT2D eigenvalue weighted by molar-refractivity contribution is 8.19. The molecule has 110 valence electrons. The van der Waals surface area contributed by atoms with E-state index < -0.39 is 5.97 Å². The Morgan fingerprint density at radius 2 is 1.86 bits per heavy atom. The zero-order chi connectivity index (χ0) is 15.4. The molecule has 0 amide bonds. The highest BCUT2D eigenvalue weighted by Crippen LogP contribution is 2.45. The maximum atomic E-state index is 12.1. The molecule has 0 spiro atoms. The standard InChI is InChI=1S/C17H13NO2S2/c18-11-12-2-1-3-14(10-12)16(19)20-15-6-4-13(5-7-15)17-21-8-9-22-17/h1-7,10,17H,8-9H2. The predicted octanol–water partition coefficient (Wildman–Crippen LogP) is 4.26. The summed E-state index contributed by atoms with van der Waals surface area (Å²) < 4.78 is 5.84. The normalized spacial score (nSPS) is 14.5. The van der Waals surface area contributed by atoms with Gasteiger partial charge in [0.05, 0.1) is 21.8 Å². The van der Waals surface area contributed by atoms with Gasteiger partial charge in [-0.2, -0.15) is 5.26 Å². The molecule has 22 heavy (non-hydrogen) atoms. The number of carbonyl (C=O) groups is 1. The number of thioether (sulfide) groups is 2. The van der Waals surface area contributed by atoms with Crippen LogP contribution in [0.15, 0.2) is 48.5 Å². The van der Waals surface area contributed by atoms with Crippen LogP contribution >= 0.6 is 23.5 Å². The molecule has 1 aliphatic heterocycles. The monoisotopic (exact) mass is 327 g/mol. The van der Waals surface area contributed by atoms with Crippen molar-refractivity contribution in [3.8, 4) is 11.8 Å². The lowest BCUT2D eigenvalue weighted by atomic mass is 10.1. The average molecular weight is 327 g/mol. The number of hydrogen-bond acceptors (Lipinski definition) is 5. The third kappa shape index (κ3) is 3.46. The first-order chi connectivity index (χ1) is 10.8. The largest absolute Gasteiger partial charge is 0.423 e. The van der Waals surface area contributed by atoms with E-state index in [0.717, 1.165) is 0 Å². The molecule has 0 bridgehead atoms. The van der Waals surface area contributed by atoms with E-state index in [9.17, 15) is 4.79 Å². The Kier molecular flexibility index (Phi) is 4.71. The topological polar surface area (TPSA) is 50.1 Å². The maximum absolute atomic E-state index is 12.1. The molecular formula is C17H13NO2S2. The number of esters is 1. The summed E-state index contributed by atoms with van der Waals surface area (Å²) in [5.74, 6) is 2.43. The van der Waals surface area contributed by atoms with Gasteiger partial charge in [-0.3, -0.25) is 0 Å². The van der Waals surface area contributed by atoms with E-state index in [1.165, 1.54) is 23.1 Å². The number of hydrogen-bond donors (Lipinski definition) is 0. The maximum Gasteiger partial charge on any atom is 0.343 e. The third-order valence-electron chi connectivity index (χ3n) is 3.21. The molecule has 0 unspecified atom stereocenters. The van der Waals surface area contributed by atoms with Crippen LogP contribution in [0, 0.1) is 11.3 Å². The van der Waals surface area contributed by atoms with Gasteiger partial charge in [0.2, 0.25) is 0 Å². The van der Waals surface area contributed by atoms with Crippen LogP contribution < -0.4 is 4.74 Å². The number of nitriles is 1. The van der Waals surface area contributed by atoms with Crippen LogP contribution in [-0.4, -0.2) is 17.5 Å². The van der Waals surface area contributed by atoms with E-state index in [4.69, 9.17) is 10.00 Å². The number of ether oxygens (including phenoxy) is 1. The number of rotatable bonds is 3. The van der Waals surface area contributed by atoms with E-state index in [0.29, 0.717) is 21.5 Å². The van der Waals surface area contributed by atoms with Gasteiger partial charge in [0.25, 0.3) is 0 Å². The molecule has 5 heteroatoms. The van der Waals surface area contributed by atoms with Crippen LogP contribution in [0.3, 0.4) is 0 Å². The SMILES string of the molecule is N#Cc1cccc(C(=O)Oc2ccc(C3SCCS3)cc2)c1. The lowest BCUT2D eigenvalue weighted by molar-refractivity contribution is 0.0734. The summed E-state index contributed by atoms with van der Waals surface area (Å²) in [7, 11) is 0. The van der Waals surface area contributed by atoms with Crippen LogP contribution in [0.2, 0.25) is 0 Å². The first-order valence-corrected chi connectivity index (χ1v) is 8.91. The van der Waals surface area contributed by atoms with Crippen molar-refractivity contribution >= 4 is 29.5 Å². The highest BCUT2D eigenvalue weighted by Gasteiger charge is 2.18. The Labute approximate surface area is 137 Å². The van der Waals surface area contributed by atoms with Crippen LogP contribution in [-0.2, 0) is 0 Å². The third-order valence-corrected chi connectivity index (χ3v) is 6.32. The Balaban J connectivity index is 1.69. The molecular weight excluding hydrogens is 314 g/mol. The Morgan fingerprint density at radius 3 is 2.55 bits per heavy atom. The zero-order valence-corrected chi connectivity index (χ0v) is 13.3. The number of benzene rings is 2. The van der Waals surface area contributed by atoms with E-state index in [1.807, 2.05) is 53.9 Å². The van der Waals surface area contributed by atoms with Crippen LogP contribution in [0.4, 0.5) is 0 Å². The van der Waals surface area contributed by atoms with Crippen molar-refractivity contribution in [2.45, 2.75) is 4.58 Å². The van der Waals surface area contributed by atoms with Crippen molar-refractivity contribution in [3.05, 3.63) is 65.2 Å². The Bertz CT molecular complexity index is 716. The van der Waals surface area contributed by atoms with Crippen molar-refractivity contribution in [1.29, 1.82) is 5.26 Å². The molecule has 0 atom stereocenters. The van der Waals surface area contributed by atoms with Crippen LogP contribution in [0.1, 0.15) is 26.1 Å². The minimum Gasteiger partial charge on any atom is -0.423 e. The second-order valence-electron chi connectivity index (χ2n) is 4.72. The van der Waals surface area contributed by atoms with Gasteiger partial charge in [0, 0.05) is 11.5 Å². The molecule has 3 nitrogen and oxygen atoms in total. The molecule has 0 N–H and O–H groups in total. The fourth-order valence-corrected chi connectivity index (χ4v) is 4.98. The Morgan fingerprint density at radius 1 is 1.14 bits per heavy atom. The fourth-order valence-electron chi connectivity index (χ4n) is 2.13.